The minimum atomic E-state index is -3.41. The molecule has 0 aromatic carbocycles. The Kier molecular flexibility index (Phi) is 9.58. The van der Waals surface area contributed by atoms with Crippen LogP contribution in [0.25, 0.3) is 0 Å². The number of rotatable bonds is 11. The van der Waals surface area contributed by atoms with Crippen molar-refractivity contribution < 1.29 is 8.42 Å². The number of nitrogens with one attached hydrogen (secondary N) is 2. The van der Waals surface area contributed by atoms with Crippen LogP contribution in [0, 0.1) is 5.92 Å². The summed E-state index contributed by atoms with van der Waals surface area (Å²) in [6.45, 7) is 9.06. The van der Waals surface area contributed by atoms with Gasteiger partial charge in [-0.3, -0.25) is 0 Å². The summed E-state index contributed by atoms with van der Waals surface area (Å²) in [5, 5.41) is 3.19. The molecular formula is C13H32N4O2S. The zero-order valence-electron chi connectivity index (χ0n) is 13.8. The number of hydrogen-bond acceptors (Lipinski definition) is 4. The lowest BCUT2D eigenvalue weighted by molar-refractivity contribution is 0.308. The molecule has 1 unspecified atom stereocenters. The predicted octanol–water partition coefficient (Wildman–Crippen LogP) is 0.338. The second-order valence-corrected chi connectivity index (χ2v) is 7.57. The molecule has 0 aromatic heterocycles. The van der Waals surface area contributed by atoms with Crippen LogP contribution in [0.4, 0.5) is 0 Å². The minimum Gasteiger partial charge on any atom is -0.317 e. The molecule has 7 heteroatoms. The van der Waals surface area contributed by atoms with Crippen LogP contribution in [0.1, 0.15) is 27.2 Å². The fraction of sp³-hybridized carbons (Fsp3) is 1.00. The maximum Gasteiger partial charge on any atom is 0.279 e. The van der Waals surface area contributed by atoms with Crippen LogP contribution in [0.2, 0.25) is 0 Å². The molecule has 0 bridgehead atoms. The highest BCUT2D eigenvalue weighted by atomic mass is 32.2. The largest absolute Gasteiger partial charge is 0.317 e. The molecule has 0 rings (SSSR count). The third kappa shape index (κ3) is 8.16. The minimum absolute atomic E-state index is 0.0776. The first-order valence-electron chi connectivity index (χ1n) is 7.29. The molecule has 6 nitrogen and oxygen atoms in total. The first-order valence-corrected chi connectivity index (χ1v) is 8.73. The van der Waals surface area contributed by atoms with Crippen molar-refractivity contribution in [3.8, 4) is 0 Å². The van der Waals surface area contributed by atoms with E-state index in [2.05, 4.69) is 10.0 Å². The maximum atomic E-state index is 12.3. The van der Waals surface area contributed by atoms with E-state index in [-0.39, 0.29) is 12.0 Å². The lowest BCUT2D eigenvalue weighted by atomic mass is 10.1. The van der Waals surface area contributed by atoms with Crippen molar-refractivity contribution >= 4 is 10.2 Å². The Bertz CT molecular complexity index is 344. The van der Waals surface area contributed by atoms with E-state index < -0.39 is 10.2 Å². The Morgan fingerprint density at radius 3 is 2.20 bits per heavy atom. The van der Waals surface area contributed by atoms with Crippen LogP contribution in [-0.4, -0.2) is 71.0 Å². The average molecular weight is 308 g/mol. The van der Waals surface area contributed by atoms with Gasteiger partial charge in [-0.05, 0) is 39.5 Å². The number of likely N-dealkylation sites (N-methyl/N-ethyl adjacent to an activating group) is 1. The van der Waals surface area contributed by atoms with Gasteiger partial charge in [-0.1, -0.05) is 20.8 Å². The fourth-order valence-electron chi connectivity index (χ4n) is 1.78. The van der Waals surface area contributed by atoms with E-state index >= 15 is 0 Å². The van der Waals surface area contributed by atoms with Gasteiger partial charge >= 0.3 is 0 Å². The van der Waals surface area contributed by atoms with Gasteiger partial charge in [0.05, 0.1) is 0 Å². The summed E-state index contributed by atoms with van der Waals surface area (Å²) in [6.07, 6.45) is 0.811. The van der Waals surface area contributed by atoms with Gasteiger partial charge < -0.3 is 10.2 Å². The second kappa shape index (κ2) is 9.68. The maximum absolute atomic E-state index is 12.3. The van der Waals surface area contributed by atoms with Gasteiger partial charge in [0.2, 0.25) is 0 Å². The Hall–Kier alpha value is -0.210. The molecule has 0 aliphatic heterocycles. The van der Waals surface area contributed by atoms with Gasteiger partial charge in [0.25, 0.3) is 10.2 Å². The molecule has 0 heterocycles. The topological polar surface area (TPSA) is 64.7 Å². The molecule has 20 heavy (non-hydrogen) atoms. The summed E-state index contributed by atoms with van der Waals surface area (Å²) in [5.74, 6) is 0.252. The standard InChI is InChI=1S/C13H32N4O2S/c1-7-14-9-8-10-17(6)20(18,19)15-13(12(2)3)11-16(4)5/h12-15H,7-11H2,1-6H3. The SMILES string of the molecule is CCNCCCN(C)S(=O)(=O)NC(CN(C)C)C(C)C. The molecule has 0 aliphatic carbocycles. The molecule has 0 spiro atoms. The van der Waals surface area contributed by atoms with Gasteiger partial charge in [-0.15, -0.1) is 0 Å². The Morgan fingerprint density at radius 2 is 1.75 bits per heavy atom. The molecule has 0 radical (unpaired) electrons. The molecular weight excluding hydrogens is 276 g/mol. The predicted molar refractivity (Wildman–Crippen MR) is 85.0 cm³/mol. The zero-order valence-corrected chi connectivity index (χ0v) is 14.6. The highest BCUT2D eigenvalue weighted by molar-refractivity contribution is 7.87. The van der Waals surface area contributed by atoms with Crippen LogP contribution < -0.4 is 10.0 Å². The smallest absolute Gasteiger partial charge is 0.279 e. The van der Waals surface area contributed by atoms with Gasteiger partial charge in [0, 0.05) is 26.2 Å². The first-order chi connectivity index (χ1) is 9.20. The molecule has 0 saturated carbocycles. The third-order valence-electron chi connectivity index (χ3n) is 3.15. The summed E-state index contributed by atoms with van der Waals surface area (Å²) in [6, 6.07) is -0.0776. The van der Waals surface area contributed by atoms with Crippen LogP contribution in [0.5, 0.6) is 0 Å². The second-order valence-electron chi connectivity index (χ2n) is 5.76. The molecule has 1 atom stereocenters. The Balaban J connectivity index is 4.45. The van der Waals surface area contributed by atoms with Crippen LogP contribution in [0.3, 0.4) is 0 Å². The highest BCUT2D eigenvalue weighted by Crippen LogP contribution is 2.06. The van der Waals surface area contributed by atoms with Gasteiger partial charge in [-0.25, -0.2) is 0 Å². The van der Waals surface area contributed by atoms with E-state index in [1.165, 1.54) is 4.31 Å². The van der Waals surface area contributed by atoms with Crippen LogP contribution >= 0.6 is 0 Å². The van der Waals surface area contributed by atoms with E-state index in [1.807, 2.05) is 39.8 Å². The normalized spacial score (nSPS) is 14.4. The Morgan fingerprint density at radius 1 is 1.15 bits per heavy atom. The van der Waals surface area contributed by atoms with Gasteiger partial charge in [0.15, 0.2) is 0 Å². The summed E-state index contributed by atoms with van der Waals surface area (Å²) in [4.78, 5) is 2.00. The average Bonchev–Trinajstić information content (AvgIpc) is 2.32. The first kappa shape index (κ1) is 19.8. The highest BCUT2D eigenvalue weighted by Gasteiger charge is 2.24. The number of hydrogen-bond donors (Lipinski definition) is 2. The summed E-state index contributed by atoms with van der Waals surface area (Å²) in [7, 11) is 2.11. The quantitative estimate of drug-likeness (QED) is 0.540. The molecule has 0 aromatic rings. The molecule has 2 N–H and O–H groups in total. The zero-order chi connectivity index (χ0) is 15.8. The van der Waals surface area contributed by atoms with E-state index in [0.717, 1.165) is 19.5 Å². The van der Waals surface area contributed by atoms with Crippen molar-refractivity contribution in [2.45, 2.75) is 33.2 Å². The third-order valence-corrected chi connectivity index (χ3v) is 4.76. The van der Waals surface area contributed by atoms with Crippen molar-refractivity contribution in [1.29, 1.82) is 0 Å². The van der Waals surface area contributed by atoms with E-state index in [0.29, 0.717) is 13.1 Å². The van der Waals surface area contributed by atoms with Crippen molar-refractivity contribution in [3.05, 3.63) is 0 Å². The van der Waals surface area contributed by atoms with E-state index in [9.17, 15) is 8.42 Å². The molecule has 0 fully saturated rings. The van der Waals surface area contributed by atoms with Crippen molar-refractivity contribution in [3.63, 3.8) is 0 Å². The molecule has 122 valence electrons. The monoisotopic (exact) mass is 308 g/mol. The Labute approximate surface area is 125 Å². The van der Waals surface area contributed by atoms with Gasteiger partial charge in [-0.2, -0.15) is 17.4 Å². The summed E-state index contributed by atoms with van der Waals surface area (Å²) in [5.41, 5.74) is 0. The lowest BCUT2D eigenvalue weighted by Gasteiger charge is -2.28. The van der Waals surface area contributed by atoms with Crippen LogP contribution in [-0.2, 0) is 10.2 Å². The molecule has 0 amide bonds. The van der Waals surface area contributed by atoms with E-state index in [4.69, 9.17) is 0 Å². The number of nitrogens with zero attached hydrogens (tertiary/aromatic N) is 2. The lowest BCUT2D eigenvalue weighted by Crippen LogP contribution is -2.49. The van der Waals surface area contributed by atoms with Crippen molar-refractivity contribution in [2.24, 2.45) is 5.92 Å². The summed E-state index contributed by atoms with van der Waals surface area (Å²) < 4.78 is 28.7. The molecule has 0 aliphatic rings. The van der Waals surface area contributed by atoms with E-state index in [1.54, 1.807) is 7.05 Å². The molecule has 0 saturated heterocycles. The van der Waals surface area contributed by atoms with Crippen LogP contribution in [0.15, 0.2) is 0 Å². The fourth-order valence-corrected chi connectivity index (χ4v) is 3.06. The summed E-state index contributed by atoms with van der Waals surface area (Å²) >= 11 is 0. The van der Waals surface area contributed by atoms with Gasteiger partial charge in [0.1, 0.15) is 0 Å². The van der Waals surface area contributed by atoms with Crippen molar-refractivity contribution in [1.82, 2.24) is 19.2 Å². The van der Waals surface area contributed by atoms with Crippen molar-refractivity contribution in [2.75, 3.05) is 47.3 Å².